The fourth-order valence-corrected chi connectivity index (χ4v) is 1.72. The molecule has 0 spiro atoms. The van der Waals surface area contributed by atoms with Crippen LogP contribution in [0.4, 0.5) is 0 Å². The van der Waals surface area contributed by atoms with Crippen molar-refractivity contribution in [3.8, 4) is 0 Å². The zero-order valence-corrected chi connectivity index (χ0v) is 11.9. The topological polar surface area (TPSA) is 69.4 Å². The molecular formula is C11H19NO4Si. The second kappa shape index (κ2) is 6.49. The van der Waals surface area contributed by atoms with Crippen LogP contribution in [0.25, 0.3) is 0 Å². The number of nitrogens with zero attached hydrogens (tertiary/aromatic N) is 1. The highest BCUT2D eigenvalue weighted by molar-refractivity contribution is 6.74. The zero-order chi connectivity index (χ0) is 13.5. The van der Waals surface area contributed by atoms with Crippen LogP contribution >= 0.6 is 0 Å². The van der Waals surface area contributed by atoms with E-state index in [1.807, 2.05) is 0 Å². The van der Waals surface area contributed by atoms with Crippen LogP contribution in [0.2, 0.25) is 18.1 Å². The highest BCUT2D eigenvalue weighted by Gasteiger charge is 2.37. The van der Waals surface area contributed by atoms with Gasteiger partial charge in [0.15, 0.2) is 14.7 Å². The molecule has 0 aliphatic rings. The van der Waals surface area contributed by atoms with Crippen molar-refractivity contribution in [2.45, 2.75) is 45.5 Å². The molecule has 0 atom stereocenters. The molecule has 5 nitrogen and oxygen atoms in total. The Labute approximate surface area is 102 Å². The van der Waals surface area contributed by atoms with E-state index in [0.717, 1.165) is 5.76 Å². The first-order chi connectivity index (χ1) is 7.74. The van der Waals surface area contributed by atoms with Crippen LogP contribution in [0.1, 0.15) is 26.5 Å². The molecule has 0 N–H and O–H groups in total. The van der Waals surface area contributed by atoms with Crippen molar-refractivity contribution in [1.82, 2.24) is 4.98 Å². The number of rotatable bonds is 3. The predicted octanol–water partition coefficient (Wildman–Crippen LogP) is 2.61. The SMILES string of the molecule is CC(C)(C)[Si](C)(C)OCc1cnco1.O=C=O. The van der Waals surface area contributed by atoms with Gasteiger partial charge in [0.2, 0.25) is 0 Å². The molecule has 17 heavy (non-hydrogen) atoms. The Kier molecular flexibility index (Phi) is 6.02. The van der Waals surface area contributed by atoms with Gasteiger partial charge in [-0.2, -0.15) is 9.59 Å². The van der Waals surface area contributed by atoms with Gasteiger partial charge in [0.1, 0.15) is 5.76 Å². The number of hydrogen-bond acceptors (Lipinski definition) is 5. The minimum Gasteiger partial charge on any atom is -0.446 e. The molecule has 0 aliphatic carbocycles. The van der Waals surface area contributed by atoms with E-state index in [-0.39, 0.29) is 11.2 Å². The molecule has 96 valence electrons. The lowest BCUT2D eigenvalue weighted by Crippen LogP contribution is -2.40. The fraction of sp³-hybridized carbons (Fsp3) is 0.636. The molecule has 1 rings (SSSR count). The van der Waals surface area contributed by atoms with Crippen LogP contribution in [0, 0.1) is 0 Å². The molecule has 0 fully saturated rings. The van der Waals surface area contributed by atoms with E-state index in [0.29, 0.717) is 6.61 Å². The lowest BCUT2D eigenvalue weighted by Gasteiger charge is -2.35. The van der Waals surface area contributed by atoms with Crippen LogP contribution < -0.4 is 0 Å². The van der Waals surface area contributed by atoms with Crippen LogP contribution in [-0.4, -0.2) is 19.5 Å². The molecule has 1 aromatic heterocycles. The van der Waals surface area contributed by atoms with E-state index < -0.39 is 8.32 Å². The standard InChI is InChI=1S/C10H19NO2Si.CO2/c1-10(2,3)14(4,5)13-7-9-6-11-8-12-9;2-1-3/h6,8H,7H2,1-5H3;. The van der Waals surface area contributed by atoms with Crippen molar-refractivity contribution >= 4 is 14.5 Å². The fourth-order valence-electron chi connectivity index (χ4n) is 0.781. The largest absolute Gasteiger partial charge is 0.446 e. The van der Waals surface area contributed by atoms with Gasteiger partial charge in [-0.25, -0.2) is 4.98 Å². The second-order valence-corrected chi connectivity index (χ2v) is 9.91. The molecule has 6 heteroatoms. The molecule has 0 unspecified atom stereocenters. The predicted molar refractivity (Wildman–Crippen MR) is 63.5 cm³/mol. The zero-order valence-electron chi connectivity index (χ0n) is 10.9. The highest BCUT2D eigenvalue weighted by atomic mass is 28.4. The lowest BCUT2D eigenvalue weighted by atomic mass is 10.2. The van der Waals surface area contributed by atoms with Gasteiger partial charge in [0.25, 0.3) is 0 Å². The minimum absolute atomic E-state index is 0.243. The van der Waals surface area contributed by atoms with E-state index in [1.54, 1.807) is 6.20 Å². The van der Waals surface area contributed by atoms with E-state index in [4.69, 9.17) is 18.4 Å². The summed E-state index contributed by atoms with van der Waals surface area (Å²) in [6, 6.07) is 0. The molecule has 1 aromatic rings. The maximum atomic E-state index is 8.12. The smallest absolute Gasteiger partial charge is 0.373 e. The maximum Gasteiger partial charge on any atom is 0.373 e. The summed E-state index contributed by atoms with van der Waals surface area (Å²) in [6.45, 7) is 11.7. The third-order valence-corrected chi connectivity index (χ3v) is 7.34. The van der Waals surface area contributed by atoms with Crippen molar-refractivity contribution in [2.75, 3.05) is 0 Å². The van der Waals surface area contributed by atoms with Gasteiger partial charge < -0.3 is 8.84 Å². The van der Waals surface area contributed by atoms with E-state index >= 15 is 0 Å². The summed E-state index contributed by atoms with van der Waals surface area (Å²) in [7, 11) is -1.65. The molecule has 0 saturated heterocycles. The number of aromatic nitrogens is 1. The molecular weight excluding hydrogens is 238 g/mol. The second-order valence-electron chi connectivity index (χ2n) is 5.10. The van der Waals surface area contributed by atoms with Gasteiger partial charge in [-0.05, 0) is 18.1 Å². The molecule has 0 aliphatic heterocycles. The van der Waals surface area contributed by atoms with Crippen molar-refractivity contribution in [2.24, 2.45) is 0 Å². The van der Waals surface area contributed by atoms with Gasteiger partial charge in [-0.1, -0.05) is 20.8 Å². The molecule has 1 heterocycles. The minimum atomic E-state index is -1.65. The average molecular weight is 257 g/mol. The molecule has 0 bridgehead atoms. The van der Waals surface area contributed by atoms with Crippen molar-refractivity contribution < 1.29 is 18.4 Å². The Hall–Kier alpha value is -1.23. The van der Waals surface area contributed by atoms with Gasteiger partial charge in [0.05, 0.1) is 12.8 Å². The monoisotopic (exact) mass is 257 g/mol. The molecule has 0 saturated carbocycles. The number of carbonyl (C=O) groups excluding carboxylic acids is 2. The number of hydrogen-bond donors (Lipinski definition) is 0. The molecule has 0 aromatic carbocycles. The van der Waals surface area contributed by atoms with Crippen molar-refractivity contribution in [1.29, 1.82) is 0 Å². The summed E-state index contributed by atoms with van der Waals surface area (Å²) >= 11 is 0. The van der Waals surface area contributed by atoms with E-state index in [9.17, 15) is 0 Å². The van der Waals surface area contributed by atoms with E-state index in [2.05, 4.69) is 38.8 Å². The summed E-state index contributed by atoms with van der Waals surface area (Å²) < 4.78 is 11.1. The Balaban J connectivity index is 0.000000770. The Morgan fingerprint density at radius 1 is 1.41 bits per heavy atom. The van der Waals surface area contributed by atoms with Crippen LogP contribution in [-0.2, 0) is 20.6 Å². The first kappa shape index (κ1) is 15.8. The van der Waals surface area contributed by atoms with Gasteiger partial charge in [-0.3, -0.25) is 0 Å². The maximum absolute atomic E-state index is 8.12. The Morgan fingerprint density at radius 2 is 1.94 bits per heavy atom. The quantitative estimate of drug-likeness (QED) is 0.778. The van der Waals surface area contributed by atoms with Gasteiger partial charge >= 0.3 is 6.15 Å². The van der Waals surface area contributed by atoms with Crippen molar-refractivity contribution in [3.05, 3.63) is 18.4 Å². The number of oxazole rings is 1. The lowest BCUT2D eigenvalue weighted by molar-refractivity contribution is -0.191. The highest BCUT2D eigenvalue weighted by Crippen LogP contribution is 2.36. The Morgan fingerprint density at radius 3 is 2.29 bits per heavy atom. The van der Waals surface area contributed by atoms with Crippen LogP contribution in [0.15, 0.2) is 17.0 Å². The molecule has 0 radical (unpaired) electrons. The average Bonchev–Trinajstić information content (AvgIpc) is 2.66. The third kappa shape index (κ3) is 5.58. The summed E-state index contributed by atoms with van der Waals surface area (Å²) in [5.41, 5.74) is 0. The van der Waals surface area contributed by atoms with Crippen LogP contribution in [0.5, 0.6) is 0 Å². The summed E-state index contributed by atoms with van der Waals surface area (Å²) in [4.78, 5) is 20.1. The normalized spacial score (nSPS) is 11.4. The summed E-state index contributed by atoms with van der Waals surface area (Å²) in [5.74, 6) is 0.801. The van der Waals surface area contributed by atoms with E-state index in [1.165, 1.54) is 6.39 Å². The van der Waals surface area contributed by atoms with Crippen molar-refractivity contribution in [3.63, 3.8) is 0 Å². The summed E-state index contributed by atoms with van der Waals surface area (Å²) in [5, 5.41) is 0.243. The van der Waals surface area contributed by atoms with Gasteiger partial charge in [-0.15, -0.1) is 0 Å². The van der Waals surface area contributed by atoms with Crippen LogP contribution in [0.3, 0.4) is 0 Å². The first-order valence-electron chi connectivity index (χ1n) is 5.25. The van der Waals surface area contributed by atoms with Gasteiger partial charge in [0, 0.05) is 0 Å². The summed E-state index contributed by atoms with van der Waals surface area (Å²) in [6.07, 6.45) is 3.39. The Bertz CT molecular complexity index is 348. The third-order valence-electron chi connectivity index (χ3n) is 2.86. The molecule has 0 amide bonds. The first-order valence-corrected chi connectivity index (χ1v) is 8.16.